The summed E-state index contributed by atoms with van der Waals surface area (Å²) < 4.78 is 5.80. The van der Waals surface area contributed by atoms with Crippen molar-refractivity contribution in [3.05, 3.63) is 72.6 Å². The van der Waals surface area contributed by atoms with Gasteiger partial charge in [0.05, 0.1) is 5.88 Å². The Balaban J connectivity index is 1.92. The Morgan fingerprint density at radius 3 is 2.24 bits per heavy atom. The molecule has 3 nitrogen and oxygen atoms in total. The molecular weight excluding hydrogens is 284 g/mol. The molecule has 0 saturated heterocycles. The van der Waals surface area contributed by atoms with Gasteiger partial charge in [-0.15, -0.1) is 11.6 Å². The number of halogens is 1. The summed E-state index contributed by atoms with van der Waals surface area (Å²) in [5, 5.41) is 0. The standard InChI is InChI=1S/C17H13ClN2O/c18-10-13-11-19-17(20-12-13)21-16-9-5-4-8-15(16)14-6-2-1-3-7-14/h1-9,11-12H,10H2. The summed E-state index contributed by atoms with van der Waals surface area (Å²) in [5.74, 6) is 1.11. The summed E-state index contributed by atoms with van der Waals surface area (Å²) in [7, 11) is 0. The van der Waals surface area contributed by atoms with Crippen molar-refractivity contribution in [3.63, 3.8) is 0 Å². The van der Waals surface area contributed by atoms with Gasteiger partial charge in [0, 0.05) is 23.5 Å². The van der Waals surface area contributed by atoms with Crippen molar-refractivity contribution in [1.82, 2.24) is 9.97 Å². The Hall–Kier alpha value is -2.39. The van der Waals surface area contributed by atoms with Gasteiger partial charge in [-0.25, -0.2) is 9.97 Å². The molecule has 0 saturated carbocycles. The SMILES string of the molecule is ClCc1cnc(Oc2ccccc2-c2ccccc2)nc1. The lowest BCUT2D eigenvalue weighted by Gasteiger charge is -2.09. The molecule has 4 heteroatoms. The van der Waals surface area contributed by atoms with Crippen molar-refractivity contribution in [3.8, 4) is 22.9 Å². The first-order valence-corrected chi connectivity index (χ1v) is 7.09. The number of para-hydroxylation sites is 1. The van der Waals surface area contributed by atoms with Crippen LogP contribution in [0.4, 0.5) is 0 Å². The number of rotatable bonds is 4. The van der Waals surface area contributed by atoms with E-state index in [9.17, 15) is 0 Å². The Bertz CT molecular complexity index is 714. The molecule has 0 N–H and O–H groups in total. The molecule has 21 heavy (non-hydrogen) atoms. The fourth-order valence-electron chi connectivity index (χ4n) is 1.97. The summed E-state index contributed by atoms with van der Waals surface area (Å²) in [6.07, 6.45) is 3.33. The average molecular weight is 297 g/mol. The first-order valence-electron chi connectivity index (χ1n) is 6.56. The van der Waals surface area contributed by atoms with E-state index in [0.717, 1.165) is 22.4 Å². The van der Waals surface area contributed by atoms with Crippen molar-refractivity contribution in [2.75, 3.05) is 0 Å². The van der Waals surface area contributed by atoms with Crippen molar-refractivity contribution in [2.45, 2.75) is 5.88 Å². The summed E-state index contributed by atoms with van der Waals surface area (Å²) in [6, 6.07) is 18.2. The molecule has 0 aliphatic rings. The van der Waals surface area contributed by atoms with E-state index >= 15 is 0 Å². The fraction of sp³-hybridized carbons (Fsp3) is 0.0588. The van der Waals surface area contributed by atoms with Crippen molar-refractivity contribution >= 4 is 11.6 Å². The van der Waals surface area contributed by atoms with Crippen molar-refractivity contribution < 1.29 is 4.74 Å². The summed E-state index contributed by atoms with van der Waals surface area (Å²) in [6.45, 7) is 0. The van der Waals surface area contributed by atoms with E-state index in [1.807, 2.05) is 54.6 Å². The van der Waals surface area contributed by atoms with Crippen molar-refractivity contribution in [1.29, 1.82) is 0 Å². The maximum Gasteiger partial charge on any atom is 0.321 e. The second kappa shape index (κ2) is 6.37. The maximum atomic E-state index is 5.80. The molecule has 0 unspecified atom stereocenters. The minimum absolute atomic E-state index is 0.312. The normalized spacial score (nSPS) is 10.3. The predicted octanol–water partition coefficient (Wildman–Crippen LogP) is 4.67. The molecule has 3 aromatic rings. The molecule has 0 amide bonds. The molecule has 3 rings (SSSR count). The van der Waals surface area contributed by atoms with Gasteiger partial charge in [0.2, 0.25) is 0 Å². The van der Waals surface area contributed by atoms with E-state index in [2.05, 4.69) is 9.97 Å². The number of nitrogens with zero attached hydrogens (tertiary/aromatic N) is 2. The lowest BCUT2D eigenvalue weighted by atomic mass is 10.1. The minimum Gasteiger partial charge on any atom is -0.424 e. The molecular formula is C17H13ClN2O. The Kier molecular flexibility index (Phi) is 4.12. The van der Waals surface area contributed by atoms with Crippen LogP contribution < -0.4 is 4.74 Å². The zero-order chi connectivity index (χ0) is 14.5. The lowest BCUT2D eigenvalue weighted by Crippen LogP contribution is -1.94. The van der Waals surface area contributed by atoms with Gasteiger partial charge in [-0.2, -0.15) is 0 Å². The van der Waals surface area contributed by atoms with Gasteiger partial charge in [0.15, 0.2) is 0 Å². The molecule has 104 valence electrons. The van der Waals surface area contributed by atoms with Gasteiger partial charge in [-0.05, 0) is 11.6 Å². The molecule has 2 aromatic carbocycles. The third-order valence-corrected chi connectivity index (χ3v) is 3.32. The maximum absolute atomic E-state index is 5.80. The van der Waals surface area contributed by atoms with Crippen LogP contribution in [0, 0.1) is 0 Å². The van der Waals surface area contributed by atoms with Crippen LogP contribution >= 0.6 is 11.6 Å². The number of benzene rings is 2. The number of ether oxygens (including phenoxy) is 1. The number of alkyl halides is 1. The Morgan fingerprint density at radius 2 is 1.52 bits per heavy atom. The zero-order valence-corrected chi connectivity index (χ0v) is 12.0. The summed E-state index contributed by atoms with van der Waals surface area (Å²) in [5.41, 5.74) is 2.95. The fourth-order valence-corrected chi connectivity index (χ4v) is 2.11. The third kappa shape index (κ3) is 3.20. The van der Waals surface area contributed by atoms with E-state index in [1.54, 1.807) is 12.4 Å². The van der Waals surface area contributed by atoms with Gasteiger partial charge in [0.1, 0.15) is 5.75 Å². The van der Waals surface area contributed by atoms with Crippen LogP contribution in [-0.4, -0.2) is 9.97 Å². The lowest BCUT2D eigenvalue weighted by molar-refractivity contribution is 0.443. The number of hydrogen-bond acceptors (Lipinski definition) is 3. The van der Waals surface area contributed by atoms with Crippen LogP contribution in [0.3, 0.4) is 0 Å². The molecule has 0 fully saturated rings. The highest BCUT2D eigenvalue weighted by atomic mass is 35.5. The Morgan fingerprint density at radius 1 is 0.857 bits per heavy atom. The first kappa shape index (κ1) is 13.6. The smallest absolute Gasteiger partial charge is 0.321 e. The van der Waals surface area contributed by atoms with Gasteiger partial charge in [0.25, 0.3) is 0 Å². The molecule has 0 aliphatic heterocycles. The van der Waals surface area contributed by atoms with Crippen molar-refractivity contribution in [2.24, 2.45) is 0 Å². The highest BCUT2D eigenvalue weighted by Gasteiger charge is 2.08. The average Bonchev–Trinajstić information content (AvgIpc) is 2.57. The predicted molar refractivity (Wildman–Crippen MR) is 83.5 cm³/mol. The highest BCUT2D eigenvalue weighted by molar-refractivity contribution is 6.17. The van der Waals surface area contributed by atoms with Crippen LogP contribution in [-0.2, 0) is 5.88 Å². The van der Waals surface area contributed by atoms with Gasteiger partial charge in [-0.1, -0.05) is 48.5 Å². The number of aromatic nitrogens is 2. The van der Waals surface area contributed by atoms with E-state index in [4.69, 9.17) is 16.3 Å². The van der Waals surface area contributed by atoms with Gasteiger partial charge in [-0.3, -0.25) is 0 Å². The molecule has 0 atom stereocenters. The van der Waals surface area contributed by atoms with E-state index in [-0.39, 0.29) is 0 Å². The molecule has 1 aromatic heterocycles. The topological polar surface area (TPSA) is 35.0 Å². The van der Waals surface area contributed by atoms with Crippen LogP contribution in [0.5, 0.6) is 11.8 Å². The summed E-state index contributed by atoms with van der Waals surface area (Å²) >= 11 is 5.72. The molecule has 1 heterocycles. The van der Waals surface area contributed by atoms with Crippen LogP contribution in [0.15, 0.2) is 67.0 Å². The summed E-state index contributed by atoms with van der Waals surface area (Å²) in [4.78, 5) is 8.32. The highest BCUT2D eigenvalue weighted by Crippen LogP contribution is 2.31. The largest absolute Gasteiger partial charge is 0.424 e. The molecule has 0 aliphatic carbocycles. The quantitative estimate of drug-likeness (QED) is 0.656. The van der Waals surface area contributed by atoms with Crippen LogP contribution in [0.1, 0.15) is 5.56 Å². The van der Waals surface area contributed by atoms with Crippen LogP contribution in [0.25, 0.3) is 11.1 Å². The molecule has 0 bridgehead atoms. The molecule has 0 radical (unpaired) electrons. The number of hydrogen-bond donors (Lipinski definition) is 0. The van der Waals surface area contributed by atoms with Gasteiger partial charge < -0.3 is 4.74 Å². The van der Waals surface area contributed by atoms with Crippen LogP contribution in [0.2, 0.25) is 0 Å². The monoisotopic (exact) mass is 296 g/mol. The zero-order valence-electron chi connectivity index (χ0n) is 11.2. The molecule has 0 spiro atoms. The second-order valence-corrected chi connectivity index (χ2v) is 4.74. The van der Waals surface area contributed by atoms with Gasteiger partial charge >= 0.3 is 6.01 Å². The second-order valence-electron chi connectivity index (χ2n) is 4.47. The van der Waals surface area contributed by atoms with E-state index < -0.39 is 0 Å². The first-order chi connectivity index (χ1) is 10.4. The third-order valence-electron chi connectivity index (χ3n) is 3.01. The Labute approximate surface area is 128 Å². The van der Waals surface area contributed by atoms with E-state index in [1.165, 1.54) is 0 Å². The minimum atomic E-state index is 0.312. The van der Waals surface area contributed by atoms with E-state index in [0.29, 0.717) is 11.9 Å².